The summed E-state index contributed by atoms with van der Waals surface area (Å²) >= 11 is 0. The molecule has 0 atom stereocenters. The third kappa shape index (κ3) is 5.28. The van der Waals surface area contributed by atoms with Crippen molar-refractivity contribution in [3.63, 3.8) is 0 Å². The normalized spacial score (nSPS) is 14.8. The molecule has 2 aromatic carbocycles. The number of sulfone groups is 1. The predicted octanol–water partition coefficient (Wildman–Crippen LogP) is 2.89. The fourth-order valence-corrected chi connectivity index (χ4v) is 5.47. The van der Waals surface area contributed by atoms with Crippen LogP contribution in [-0.2, 0) is 16.4 Å². The van der Waals surface area contributed by atoms with Crippen molar-refractivity contribution in [2.24, 2.45) is 0 Å². The van der Waals surface area contributed by atoms with Crippen molar-refractivity contribution in [1.82, 2.24) is 19.9 Å². The second kappa shape index (κ2) is 10.4. The fourth-order valence-electron chi connectivity index (χ4n) is 3.94. The van der Waals surface area contributed by atoms with Crippen molar-refractivity contribution < 1.29 is 22.5 Å². The average Bonchev–Trinajstić information content (AvgIpc) is 3.32. The maximum absolute atomic E-state index is 13.1. The van der Waals surface area contributed by atoms with Crippen LogP contribution < -0.4 is 4.74 Å². The Morgan fingerprint density at radius 1 is 1.06 bits per heavy atom. The molecule has 2 heterocycles. The highest BCUT2D eigenvalue weighted by molar-refractivity contribution is 7.91. The number of methoxy groups -OCH3 is 1. The molecule has 0 unspecified atom stereocenters. The topological polar surface area (TPSA) is 106 Å². The molecule has 0 aliphatic carbocycles. The van der Waals surface area contributed by atoms with Crippen LogP contribution >= 0.6 is 0 Å². The van der Waals surface area contributed by atoms with Crippen LogP contribution in [0.3, 0.4) is 0 Å². The van der Waals surface area contributed by atoms with Gasteiger partial charge >= 0.3 is 0 Å². The maximum atomic E-state index is 13.1. The summed E-state index contributed by atoms with van der Waals surface area (Å²) in [5, 5.41) is 4.06. The zero-order chi connectivity index (χ0) is 24.1. The molecule has 34 heavy (non-hydrogen) atoms. The first kappa shape index (κ1) is 23.9. The standard InChI is InChI=1S/C24H28N4O5S/c1-3-16-34(30,31)21-7-5-4-6-20(21)24(29)28-14-12-27(13-15-28)17-22-25-23(26-33-22)18-8-10-19(32-2)11-9-18/h4-11H,3,12-17H2,1-2H3. The summed E-state index contributed by atoms with van der Waals surface area (Å²) in [5.41, 5.74) is 1.08. The van der Waals surface area contributed by atoms with E-state index in [0.29, 0.717) is 50.9 Å². The van der Waals surface area contributed by atoms with Crippen LogP contribution in [0.4, 0.5) is 0 Å². The third-order valence-electron chi connectivity index (χ3n) is 5.76. The van der Waals surface area contributed by atoms with Gasteiger partial charge in [-0.05, 0) is 42.8 Å². The lowest BCUT2D eigenvalue weighted by molar-refractivity contribution is 0.0611. The van der Waals surface area contributed by atoms with Gasteiger partial charge in [0.15, 0.2) is 9.84 Å². The van der Waals surface area contributed by atoms with Crippen LogP contribution in [0.1, 0.15) is 29.6 Å². The van der Waals surface area contributed by atoms with E-state index in [1.807, 2.05) is 31.2 Å². The van der Waals surface area contributed by atoms with E-state index < -0.39 is 9.84 Å². The van der Waals surface area contributed by atoms with Crippen LogP contribution in [0.5, 0.6) is 5.75 Å². The smallest absolute Gasteiger partial charge is 0.255 e. The molecule has 1 amide bonds. The summed E-state index contributed by atoms with van der Waals surface area (Å²) in [6.07, 6.45) is 0.499. The van der Waals surface area contributed by atoms with Crippen molar-refractivity contribution in [3.8, 4) is 17.1 Å². The van der Waals surface area contributed by atoms with E-state index in [9.17, 15) is 13.2 Å². The number of aromatic nitrogens is 2. The van der Waals surface area contributed by atoms with Crippen LogP contribution in [0.25, 0.3) is 11.4 Å². The monoisotopic (exact) mass is 484 g/mol. The van der Waals surface area contributed by atoms with Gasteiger partial charge in [0, 0.05) is 31.7 Å². The minimum Gasteiger partial charge on any atom is -0.497 e. The Morgan fingerprint density at radius 2 is 1.76 bits per heavy atom. The molecular weight excluding hydrogens is 456 g/mol. The highest BCUT2D eigenvalue weighted by Crippen LogP contribution is 2.22. The SMILES string of the molecule is CCCS(=O)(=O)c1ccccc1C(=O)N1CCN(Cc2nc(-c3ccc(OC)cc3)no2)CC1. The molecule has 9 nitrogen and oxygen atoms in total. The zero-order valence-corrected chi connectivity index (χ0v) is 20.1. The number of amides is 1. The van der Waals surface area contributed by atoms with Gasteiger partial charge in [-0.3, -0.25) is 9.69 Å². The zero-order valence-electron chi connectivity index (χ0n) is 19.3. The summed E-state index contributed by atoms with van der Waals surface area (Å²) in [5.74, 6) is 1.53. The lowest BCUT2D eigenvalue weighted by Crippen LogP contribution is -2.48. The second-order valence-electron chi connectivity index (χ2n) is 8.12. The number of hydrogen-bond acceptors (Lipinski definition) is 8. The van der Waals surface area contributed by atoms with Crippen LogP contribution in [0, 0.1) is 0 Å². The molecule has 0 bridgehead atoms. The number of rotatable bonds is 8. The lowest BCUT2D eigenvalue weighted by atomic mass is 10.2. The summed E-state index contributed by atoms with van der Waals surface area (Å²) in [4.78, 5) is 21.6. The number of nitrogens with zero attached hydrogens (tertiary/aromatic N) is 4. The number of piperazine rings is 1. The lowest BCUT2D eigenvalue weighted by Gasteiger charge is -2.34. The van der Waals surface area contributed by atoms with Crippen LogP contribution in [0.15, 0.2) is 57.9 Å². The molecule has 1 aliphatic rings. The van der Waals surface area contributed by atoms with Crippen LogP contribution in [-0.4, -0.2) is 73.3 Å². The Hall–Kier alpha value is -3.24. The molecule has 10 heteroatoms. The molecule has 180 valence electrons. The summed E-state index contributed by atoms with van der Waals surface area (Å²) < 4.78 is 35.8. The van der Waals surface area contributed by atoms with E-state index in [0.717, 1.165) is 11.3 Å². The van der Waals surface area contributed by atoms with Crippen molar-refractivity contribution in [2.75, 3.05) is 39.0 Å². The van der Waals surface area contributed by atoms with Crippen molar-refractivity contribution in [2.45, 2.75) is 24.8 Å². The Bertz CT molecular complexity index is 1230. The third-order valence-corrected chi connectivity index (χ3v) is 7.73. The number of carbonyl (C=O) groups is 1. The van der Waals surface area contributed by atoms with Gasteiger partial charge in [0.2, 0.25) is 11.7 Å². The second-order valence-corrected chi connectivity index (χ2v) is 10.2. The number of carbonyl (C=O) groups excluding carboxylic acids is 1. The number of ether oxygens (including phenoxy) is 1. The van der Waals surface area contributed by atoms with Gasteiger partial charge in [0.1, 0.15) is 5.75 Å². The first-order valence-electron chi connectivity index (χ1n) is 11.2. The van der Waals surface area contributed by atoms with Crippen LogP contribution in [0.2, 0.25) is 0 Å². The largest absolute Gasteiger partial charge is 0.497 e. The average molecular weight is 485 g/mol. The van der Waals surface area contributed by atoms with Gasteiger partial charge in [0.05, 0.1) is 29.9 Å². The summed E-state index contributed by atoms with van der Waals surface area (Å²) in [6, 6.07) is 13.9. The number of hydrogen-bond donors (Lipinski definition) is 0. The Balaban J connectivity index is 1.37. The highest BCUT2D eigenvalue weighted by atomic mass is 32.2. The van der Waals surface area contributed by atoms with Crippen molar-refractivity contribution >= 4 is 15.7 Å². The van der Waals surface area contributed by atoms with Gasteiger partial charge in [0.25, 0.3) is 5.91 Å². The quantitative estimate of drug-likeness (QED) is 0.481. The van der Waals surface area contributed by atoms with Crippen molar-refractivity contribution in [1.29, 1.82) is 0 Å². The first-order chi connectivity index (χ1) is 16.4. The summed E-state index contributed by atoms with van der Waals surface area (Å²) in [6.45, 7) is 4.50. The number of benzene rings is 2. The van der Waals surface area contributed by atoms with Gasteiger partial charge in [-0.25, -0.2) is 8.42 Å². The molecule has 4 rings (SSSR count). The molecular formula is C24H28N4O5S. The predicted molar refractivity (Wildman–Crippen MR) is 126 cm³/mol. The fraction of sp³-hybridized carbons (Fsp3) is 0.375. The van der Waals surface area contributed by atoms with Gasteiger partial charge in [-0.1, -0.05) is 24.2 Å². The maximum Gasteiger partial charge on any atom is 0.255 e. The van der Waals surface area contributed by atoms with E-state index in [2.05, 4.69) is 15.0 Å². The van der Waals surface area contributed by atoms with E-state index >= 15 is 0 Å². The first-order valence-corrected chi connectivity index (χ1v) is 12.9. The minimum atomic E-state index is -3.49. The molecule has 1 fully saturated rings. The van der Waals surface area contributed by atoms with E-state index in [1.54, 1.807) is 30.2 Å². The Morgan fingerprint density at radius 3 is 2.44 bits per heavy atom. The van der Waals surface area contributed by atoms with E-state index in [4.69, 9.17) is 9.26 Å². The highest BCUT2D eigenvalue weighted by Gasteiger charge is 2.28. The van der Waals surface area contributed by atoms with Gasteiger partial charge in [-0.15, -0.1) is 0 Å². The van der Waals surface area contributed by atoms with Crippen molar-refractivity contribution in [3.05, 3.63) is 60.0 Å². The molecule has 0 spiro atoms. The molecule has 0 saturated carbocycles. The molecule has 0 N–H and O–H groups in total. The molecule has 1 aliphatic heterocycles. The van der Waals surface area contributed by atoms with E-state index in [-0.39, 0.29) is 22.1 Å². The summed E-state index contributed by atoms with van der Waals surface area (Å²) in [7, 11) is -1.88. The Kier molecular flexibility index (Phi) is 7.28. The van der Waals surface area contributed by atoms with Gasteiger partial charge < -0.3 is 14.2 Å². The molecule has 0 radical (unpaired) electrons. The van der Waals surface area contributed by atoms with Gasteiger partial charge in [-0.2, -0.15) is 4.98 Å². The molecule has 1 saturated heterocycles. The molecule has 3 aromatic rings. The minimum absolute atomic E-state index is 0.0216. The molecule has 1 aromatic heterocycles. The van der Waals surface area contributed by atoms with E-state index in [1.165, 1.54) is 6.07 Å². The Labute approximate surface area is 199 Å².